The molecule has 3 aromatic rings. The van der Waals surface area contributed by atoms with E-state index in [-0.39, 0.29) is 5.56 Å². The van der Waals surface area contributed by atoms with Crippen molar-refractivity contribution in [3.63, 3.8) is 0 Å². The second-order valence-electron chi connectivity index (χ2n) is 5.72. The lowest BCUT2D eigenvalue weighted by Crippen LogP contribution is -2.16. The predicted molar refractivity (Wildman–Crippen MR) is 96.9 cm³/mol. The first-order valence-corrected chi connectivity index (χ1v) is 8.43. The van der Waals surface area contributed by atoms with Gasteiger partial charge in [-0.3, -0.25) is 4.79 Å². The van der Waals surface area contributed by atoms with Crippen molar-refractivity contribution in [2.75, 3.05) is 0 Å². The van der Waals surface area contributed by atoms with E-state index in [0.717, 1.165) is 27.3 Å². The summed E-state index contributed by atoms with van der Waals surface area (Å²) in [7, 11) is 0. The SMILES string of the molecule is CCc1cc2c(=O)n(/N=C\c3cc(C)c(C)cc3C)cnc2s1. The lowest BCUT2D eigenvalue weighted by molar-refractivity contribution is 0.818. The van der Waals surface area contributed by atoms with E-state index in [2.05, 4.69) is 43.0 Å². The quantitative estimate of drug-likeness (QED) is 0.687. The third kappa shape index (κ3) is 2.97. The fourth-order valence-corrected chi connectivity index (χ4v) is 3.39. The van der Waals surface area contributed by atoms with Gasteiger partial charge in [-0.15, -0.1) is 11.3 Å². The van der Waals surface area contributed by atoms with Crippen molar-refractivity contribution in [2.45, 2.75) is 34.1 Å². The molecule has 118 valence electrons. The van der Waals surface area contributed by atoms with Gasteiger partial charge in [0.2, 0.25) is 0 Å². The molecule has 2 heterocycles. The van der Waals surface area contributed by atoms with Crippen LogP contribution in [0.4, 0.5) is 0 Å². The van der Waals surface area contributed by atoms with E-state index < -0.39 is 0 Å². The number of aryl methyl sites for hydroxylation is 4. The topological polar surface area (TPSA) is 47.2 Å². The van der Waals surface area contributed by atoms with Crippen LogP contribution in [0, 0.1) is 20.8 Å². The molecule has 0 N–H and O–H groups in total. The van der Waals surface area contributed by atoms with E-state index in [4.69, 9.17) is 0 Å². The first-order valence-electron chi connectivity index (χ1n) is 7.62. The standard InChI is InChI=1S/C18H19N3OS/c1-5-15-8-16-17(23-15)19-10-21(18(16)22)20-9-14-7-12(3)11(2)6-13(14)4/h6-10H,5H2,1-4H3/b20-9-. The number of hydrogen-bond acceptors (Lipinski definition) is 4. The van der Waals surface area contributed by atoms with Gasteiger partial charge in [-0.2, -0.15) is 9.78 Å². The number of rotatable bonds is 3. The highest BCUT2D eigenvalue weighted by atomic mass is 32.1. The van der Waals surface area contributed by atoms with E-state index >= 15 is 0 Å². The van der Waals surface area contributed by atoms with Gasteiger partial charge in [-0.1, -0.05) is 13.0 Å². The molecule has 0 aliphatic rings. The monoisotopic (exact) mass is 325 g/mol. The second kappa shape index (κ2) is 6.08. The Morgan fingerprint density at radius 3 is 2.65 bits per heavy atom. The second-order valence-corrected chi connectivity index (χ2v) is 6.83. The summed E-state index contributed by atoms with van der Waals surface area (Å²) in [5, 5.41) is 4.96. The zero-order chi connectivity index (χ0) is 16.6. The molecule has 3 rings (SSSR count). The van der Waals surface area contributed by atoms with Crippen molar-refractivity contribution in [3.8, 4) is 0 Å². The minimum absolute atomic E-state index is 0.122. The average molecular weight is 325 g/mol. The summed E-state index contributed by atoms with van der Waals surface area (Å²) in [5.41, 5.74) is 4.50. The number of aromatic nitrogens is 2. The summed E-state index contributed by atoms with van der Waals surface area (Å²) < 4.78 is 1.31. The van der Waals surface area contributed by atoms with Crippen LogP contribution in [0.1, 0.15) is 34.1 Å². The van der Waals surface area contributed by atoms with Crippen molar-refractivity contribution < 1.29 is 0 Å². The van der Waals surface area contributed by atoms with Crippen LogP contribution in [0.3, 0.4) is 0 Å². The summed E-state index contributed by atoms with van der Waals surface area (Å²) in [5.74, 6) is 0. The number of thiophene rings is 1. The number of benzene rings is 1. The lowest BCUT2D eigenvalue weighted by atomic mass is 10.0. The van der Waals surface area contributed by atoms with E-state index in [1.165, 1.54) is 22.1 Å². The largest absolute Gasteiger partial charge is 0.282 e. The molecular formula is C18H19N3OS. The first-order chi connectivity index (χ1) is 11.0. The van der Waals surface area contributed by atoms with Crippen molar-refractivity contribution in [2.24, 2.45) is 5.10 Å². The third-order valence-electron chi connectivity index (χ3n) is 4.04. The summed E-state index contributed by atoms with van der Waals surface area (Å²) in [6.07, 6.45) is 4.13. The van der Waals surface area contributed by atoms with Crippen LogP contribution in [-0.2, 0) is 6.42 Å². The molecule has 0 radical (unpaired) electrons. The van der Waals surface area contributed by atoms with Gasteiger partial charge in [0.15, 0.2) is 0 Å². The van der Waals surface area contributed by atoms with Crippen LogP contribution in [0.15, 0.2) is 34.4 Å². The average Bonchev–Trinajstić information content (AvgIpc) is 2.95. The van der Waals surface area contributed by atoms with Gasteiger partial charge in [-0.25, -0.2) is 4.98 Å². The Bertz CT molecular complexity index is 966. The van der Waals surface area contributed by atoms with E-state index in [9.17, 15) is 4.79 Å². The molecule has 1 aromatic carbocycles. The molecule has 2 aromatic heterocycles. The zero-order valence-corrected chi connectivity index (χ0v) is 14.6. The first kappa shape index (κ1) is 15.6. The maximum atomic E-state index is 12.5. The Kier molecular flexibility index (Phi) is 4.13. The van der Waals surface area contributed by atoms with E-state index in [0.29, 0.717) is 5.39 Å². The minimum Gasteiger partial charge on any atom is -0.267 e. The van der Waals surface area contributed by atoms with Gasteiger partial charge in [0.1, 0.15) is 11.2 Å². The zero-order valence-electron chi connectivity index (χ0n) is 13.8. The summed E-state index contributed by atoms with van der Waals surface area (Å²) >= 11 is 1.56. The molecule has 0 unspecified atom stereocenters. The van der Waals surface area contributed by atoms with Crippen molar-refractivity contribution >= 4 is 27.8 Å². The normalized spacial score (nSPS) is 11.7. The highest BCUT2D eigenvalue weighted by Crippen LogP contribution is 2.21. The molecule has 0 amide bonds. The van der Waals surface area contributed by atoms with E-state index in [1.54, 1.807) is 17.6 Å². The van der Waals surface area contributed by atoms with Crippen LogP contribution >= 0.6 is 11.3 Å². The van der Waals surface area contributed by atoms with E-state index in [1.807, 2.05) is 13.0 Å². The van der Waals surface area contributed by atoms with Crippen LogP contribution in [-0.4, -0.2) is 15.9 Å². The van der Waals surface area contributed by atoms with Gasteiger partial charge < -0.3 is 0 Å². The lowest BCUT2D eigenvalue weighted by Gasteiger charge is -2.05. The van der Waals surface area contributed by atoms with Gasteiger partial charge in [-0.05, 0) is 61.6 Å². The molecule has 0 bridgehead atoms. The van der Waals surface area contributed by atoms with Crippen LogP contribution in [0.5, 0.6) is 0 Å². The predicted octanol–water partition coefficient (Wildman–Crippen LogP) is 3.83. The number of nitrogens with zero attached hydrogens (tertiary/aromatic N) is 3. The third-order valence-corrected chi connectivity index (χ3v) is 5.23. The number of fused-ring (bicyclic) bond motifs is 1. The molecule has 0 fully saturated rings. The minimum atomic E-state index is -0.122. The molecule has 0 saturated heterocycles. The highest BCUT2D eigenvalue weighted by molar-refractivity contribution is 7.18. The van der Waals surface area contributed by atoms with Crippen LogP contribution < -0.4 is 5.56 Å². The van der Waals surface area contributed by atoms with Crippen molar-refractivity contribution in [3.05, 3.63) is 62.0 Å². The molecule has 5 heteroatoms. The molecule has 0 saturated carbocycles. The summed E-state index contributed by atoms with van der Waals surface area (Å²) in [4.78, 5) is 18.8. The Balaban J connectivity index is 2.03. The summed E-state index contributed by atoms with van der Waals surface area (Å²) in [6, 6.07) is 6.14. The van der Waals surface area contributed by atoms with Crippen molar-refractivity contribution in [1.29, 1.82) is 0 Å². The molecule has 0 aliphatic heterocycles. The summed E-state index contributed by atoms with van der Waals surface area (Å²) in [6.45, 7) is 8.28. The van der Waals surface area contributed by atoms with Crippen LogP contribution in [0.25, 0.3) is 10.2 Å². The fourth-order valence-electron chi connectivity index (χ4n) is 2.47. The maximum absolute atomic E-state index is 12.5. The maximum Gasteiger partial charge on any atom is 0.282 e. The van der Waals surface area contributed by atoms with Gasteiger partial charge >= 0.3 is 0 Å². The Morgan fingerprint density at radius 2 is 1.91 bits per heavy atom. The Morgan fingerprint density at radius 1 is 1.17 bits per heavy atom. The van der Waals surface area contributed by atoms with Crippen molar-refractivity contribution in [1.82, 2.24) is 9.66 Å². The van der Waals surface area contributed by atoms with Gasteiger partial charge in [0, 0.05) is 4.88 Å². The number of hydrogen-bond donors (Lipinski definition) is 0. The molecule has 0 aliphatic carbocycles. The molecule has 23 heavy (non-hydrogen) atoms. The Hall–Kier alpha value is -2.27. The fraction of sp³-hybridized carbons (Fsp3) is 0.278. The van der Waals surface area contributed by atoms with Crippen LogP contribution in [0.2, 0.25) is 0 Å². The highest BCUT2D eigenvalue weighted by Gasteiger charge is 2.07. The smallest absolute Gasteiger partial charge is 0.267 e. The Labute approximate surface area is 139 Å². The molecule has 0 spiro atoms. The molecule has 4 nitrogen and oxygen atoms in total. The van der Waals surface area contributed by atoms with Gasteiger partial charge in [0.25, 0.3) is 5.56 Å². The molecular weight excluding hydrogens is 306 g/mol. The van der Waals surface area contributed by atoms with Gasteiger partial charge in [0.05, 0.1) is 11.6 Å². The molecule has 0 atom stereocenters.